The third-order valence-electron chi connectivity index (χ3n) is 1.71. The van der Waals surface area contributed by atoms with Crippen molar-refractivity contribution in [1.82, 2.24) is 9.97 Å². The number of hydrogen-bond acceptors (Lipinski definition) is 3. The summed E-state index contributed by atoms with van der Waals surface area (Å²) in [5.74, 6) is -0.147. The van der Waals surface area contributed by atoms with Gasteiger partial charge in [-0.2, -0.15) is 0 Å². The molecule has 0 aliphatic carbocycles. The number of aromatic amines is 1. The van der Waals surface area contributed by atoms with Gasteiger partial charge in [0.15, 0.2) is 5.75 Å². The number of pyridine rings is 1. The molecule has 0 aromatic carbocycles. The lowest BCUT2D eigenvalue weighted by molar-refractivity contribution is 0.0729. The molecule has 0 amide bonds. The van der Waals surface area contributed by atoms with Crippen LogP contribution in [0.5, 0.6) is 5.75 Å². The largest absolute Gasteiger partial charge is 0.420 e. The van der Waals surface area contributed by atoms with Crippen molar-refractivity contribution >= 4 is 17.6 Å². The number of nitrogens with zero attached hydrogens (tertiary/aromatic N) is 1. The van der Waals surface area contributed by atoms with Gasteiger partial charge in [0, 0.05) is 18.5 Å². The summed E-state index contributed by atoms with van der Waals surface area (Å²) in [4.78, 5) is 18.0. The molecule has 15 heavy (non-hydrogen) atoms. The zero-order chi connectivity index (χ0) is 10.7. The van der Waals surface area contributed by atoms with Crippen LogP contribution in [0.25, 0.3) is 0 Å². The predicted octanol–water partition coefficient (Wildman–Crippen LogP) is 2.28. The van der Waals surface area contributed by atoms with Gasteiger partial charge in [-0.1, -0.05) is 11.6 Å². The number of halogens is 1. The van der Waals surface area contributed by atoms with Crippen LogP contribution in [0.3, 0.4) is 0 Å². The van der Waals surface area contributed by atoms with Crippen LogP contribution in [-0.2, 0) is 0 Å². The van der Waals surface area contributed by atoms with Crippen LogP contribution in [0.4, 0.5) is 0 Å². The van der Waals surface area contributed by atoms with Gasteiger partial charge in [0.1, 0.15) is 5.69 Å². The molecule has 4 nitrogen and oxygen atoms in total. The molecule has 0 bridgehead atoms. The molecule has 0 radical (unpaired) electrons. The summed E-state index contributed by atoms with van der Waals surface area (Å²) in [7, 11) is 0. The summed E-state index contributed by atoms with van der Waals surface area (Å²) in [6.45, 7) is 0. The lowest BCUT2D eigenvalue weighted by atomic mass is 10.4. The molecule has 5 heteroatoms. The van der Waals surface area contributed by atoms with Gasteiger partial charge in [-0.3, -0.25) is 4.98 Å². The first-order valence-electron chi connectivity index (χ1n) is 4.22. The Morgan fingerprint density at radius 1 is 1.47 bits per heavy atom. The second kappa shape index (κ2) is 4.14. The fourth-order valence-electron chi connectivity index (χ4n) is 1.07. The van der Waals surface area contributed by atoms with Gasteiger partial charge in [-0.15, -0.1) is 0 Å². The van der Waals surface area contributed by atoms with Gasteiger partial charge in [0.2, 0.25) is 0 Å². The number of carbonyl (C=O) groups is 1. The average molecular weight is 223 g/mol. The van der Waals surface area contributed by atoms with Crippen molar-refractivity contribution in [3.63, 3.8) is 0 Å². The van der Waals surface area contributed by atoms with Gasteiger partial charge in [0.25, 0.3) is 0 Å². The molecule has 0 aliphatic heterocycles. The number of nitrogens with one attached hydrogen (secondary N) is 1. The maximum Gasteiger partial charge on any atom is 0.360 e. The van der Waals surface area contributed by atoms with Crippen molar-refractivity contribution in [2.75, 3.05) is 0 Å². The molecule has 2 heterocycles. The Bertz CT molecular complexity index is 468. The molecule has 0 saturated carbocycles. The van der Waals surface area contributed by atoms with Crippen molar-refractivity contribution in [1.29, 1.82) is 0 Å². The van der Waals surface area contributed by atoms with Gasteiger partial charge in [-0.25, -0.2) is 4.79 Å². The van der Waals surface area contributed by atoms with E-state index in [1.54, 1.807) is 18.3 Å². The maximum absolute atomic E-state index is 11.5. The van der Waals surface area contributed by atoms with Crippen LogP contribution < -0.4 is 4.74 Å². The van der Waals surface area contributed by atoms with E-state index in [1.165, 1.54) is 18.5 Å². The fourth-order valence-corrected chi connectivity index (χ4v) is 1.23. The van der Waals surface area contributed by atoms with Crippen LogP contribution in [0.15, 0.2) is 36.8 Å². The number of H-pyrrole nitrogens is 1. The van der Waals surface area contributed by atoms with Crippen LogP contribution >= 0.6 is 11.6 Å². The summed E-state index contributed by atoms with van der Waals surface area (Å²) in [5, 5.41) is 0.423. The minimum Gasteiger partial charge on any atom is -0.420 e. The van der Waals surface area contributed by atoms with Crippen molar-refractivity contribution < 1.29 is 9.53 Å². The molecule has 0 saturated heterocycles. The zero-order valence-electron chi connectivity index (χ0n) is 7.61. The number of carbonyl (C=O) groups excluding carboxylic acids is 1. The zero-order valence-corrected chi connectivity index (χ0v) is 8.36. The van der Waals surface area contributed by atoms with E-state index in [2.05, 4.69) is 9.97 Å². The third-order valence-corrected chi connectivity index (χ3v) is 1.91. The van der Waals surface area contributed by atoms with E-state index in [1.807, 2.05) is 0 Å². The minimum absolute atomic E-state index is 0.321. The Labute approximate surface area is 90.9 Å². The number of rotatable bonds is 2. The summed E-state index contributed by atoms with van der Waals surface area (Å²) in [5.41, 5.74) is 0.384. The highest BCUT2D eigenvalue weighted by Gasteiger charge is 2.08. The van der Waals surface area contributed by atoms with Gasteiger partial charge in [0.05, 0.1) is 11.2 Å². The first kappa shape index (κ1) is 9.73. The number of esters is 1. The Kier molecular flexibility index (Phi) is 2.69. The summed E-state index contributed by atoms with van der Waals surface area (Å²) < 4.78 is 5.02. The Morgan fingerprint density at radius 3 is 3.00 bits per heavy atom. The summed E-state index contributed by atoms with van der Waals surface area (Å²) in [6, 6.07) is 4.86. The molecule has 2 rings (SSSR count). The lowest BCUT2D eigenvalue weighted by Crippen LogP contribution is -2.08. The van der Waals surface area contributed by atoms with Gasteiger partial charge >= 0.3 is 5.97 Å². The molecule has 0 unspecified atom stereocenters. The first-order valence-corrected chi connectivity index (χ1v) is 4.59. The topological polar surface area (TPSA) is 55.0 Å². The average Bonchev–Trinajstić information content (AvgIpc) is 2.70. The smallest absolute Gasteiger partial charge is 0.360 e. The third kappa shape index (κ3) is 2.35. The molecule has 0 spiro atoms. The SMILES string of the molecule is O=C(Oc1cncc(Cl)c1)c1ccc[nH]1. The molecule has 2 aromatic heterocycles. The highest BCUT2D eigenvalue weighted by atomic mass is 35.5. The highest BCUT2D eigenvalue weighted by Crippen LogP contribution is 2.16. The second-order valence-corrected chi connectivity index (χ2v) is 3.25. The molecule has 0 aliphatic rings. The van der Waals surface area contributed by atoms with Gasteiger partial charge < -0.3 is 9.72 Å². The van der Waals surface area contributed by atoms with E-state index < -0.39 is 5.97 Å². The van der Waals surface area contributed by atoms with E-state index in [9.17, 15) is 4.79 Å². The normalized spacial score (nSPS) is 9.93. The van der Waals surface area contributed by atoms with Crippen molar-refractivity contribution in [2.45, 2.75) is 0 Å². The molecule has 2 aromatic rings. The number of hydrogen-bond donors (Lipinski definition) is 1. The van der Waals surface area contributed by atoms with Crippen LogP contribution in [0.2, 0.25) is 5.02 Å². The van der Waals surface area contributed by atoms with Crippen LogP contribution in [0, 0.1) is 0 Å². The monoisotopic (exact) mass is 222 g/mol. The molecular weight excluding hydrogens is 216 g/mol. The van der Waals surface area contributed by atoms with Crippen molar-refractivity contribution in [2.24, 2.45) is 0 Å². The van der Waals surface area contributed by atoms with E-state index in [0.29, 0.717) is 16.5 Å². The molecule has 0 fully saturated rings. The molecular formula is C10H7ClN2O2. The Morgan fingerprint density at radius 2 is 2.33 bits per heavy atom. The van der Waals surface area contributed by atoms with Crippen LogP contribution in [-0.4, -0.2) is 15.9 Å². The minimum atomic E-state index is -0.468. The maximum atomic E-state index is 11.5. The Hall–Kier alpha value is -1.81. The lowest BCUT2D eigenvalue weighted by Gasteiger charge is -2.01. The van der Waals surface area contributed by atoms with E-state index in [4.69, 9.17) is 16.3 Å². The van der Waals surface area contributed by atoms with Crippen molar-refractivity contribution in [3.05, 3.63) is 47.5 Å². The van der Waals surface area contributed by atoms with Crippen LogP contribution in [0.1, 0.15) is 10.5 Å². The highest BCUT2D eigenvalue weighted by molar-refractivity contribution is 6.30. The number of aromatic nitrogens is 2. The van der Waals surface area contributed by atoms with E-state index >= 15 is 0 Å². The van der Waals surface area contributed by atoms with E-state index in [-0.39, 0.29) is 0 Å². The fraction of sp³-hybridized carbons (Fsp3) is 0. The summed E-state index contributed by atoms with van der Waals surface area (Å²) in [6.07, 6.45) is 4.53. The standard InChI is InChI=1S/C10H7ClN2O2/c11-7-4-8(6-12-5-7)15-10(14)9-2-1-3-13-9/h1-6,13H. The predicted molar refractivity (Wildman–Crippen MR) is 55.0 cm³/mol. The molecule has 0 atom stereocenters. The van der Waals surface area contributed by atoms with Crippen molar-refractivity contribution in [3.8, 4) is 5.75 Å². The quantitative estimate of drug-likeness (QED) is 0.794. The molecule has 1 N–H and O–H groups in total. The second-order valence-electron chi connectivity index (χ2n) is 2.81. The van der Waals surface area contributed by atoms with E-state index in [0.717, 1.165) is 0 Å². The first-order chi connectivity index (χ1) is 7.25. The Balaban J connectivity index is 2.13. The summed E-state index contributed by atoms with van der Waals surface area (Å²) >= 11 is 5.69. The molecule has 76 valence electrons. The number of ether oxygens (including phenoxy) is 1. The van der Waals surface area contributed by atoms with Gasteiger partial charge in [-0.05, 0) is 12.1 Å².